The normalized spacial score (nSPS) is 13.9. The average Bonchev–Trinajstić information content (AvgIpc) is 2.75. The number of imidazole rings is 1. The Bertz CT molecular complexity index is 426. The van der Waals surface area contributed by atoms with Crippen LogP contribution in [0.3, 0.4) is 0 Å². The van der Waals surface area contributed by atoms with Gasteiger partial charge in [-0.15, -0.1) is 0 Å². The SMILES string of the molecule is CCc1ncc(S(=O)(=O)NCC(N)CC)[nH]1. The van der Waals surface area contributed by atoms with Crippen LogP contribution in [-0.4, -0.2) is 31.0 Å². The summed E-state index contributed by atoms with van der Waals surface area (Å²) in [4.78, 5) is 6.68. The molecule has 16 heavy (non-hydrogen) atoms. The zero-order chi connectivity index (χ0) is 12.2. The summed E-state index contributed by atoms with van der Waals surface area (Å²) in [6, 6.07) is -0.164. The Kier molecular flexibility index (Phi) is 4.45. The number of hydrogen-bond donors (Lipinski definition) is 3. The van der Waals surface area contributed by atoms with E-state index in [2.05, 4.69) is 14.7 Å². The number of aromatic amines is 1. The summed E-state index contributed by atoms with van der Waals surface area (Å²) in [5.41, 5.74) is 5.64. The maximum absolute atomic E-state index is 11.7. The molecule has 0 fully saturated rings. The molecule has 1 aromatic rings. The van der Waals surface area contributed by atoms with Crippen LogP contribution in [0.2, 0.25) is 0 Å². The van der Waals surface area contributed by atoms with Crippen molar-refractivity contribution >= 4 is 10.0 Å². The van der Waals surface area contributed by atoms with Gasteiger partial charge in [-0.1, -0.05) is 13.8 Å². The summed E-state index contributed by atoms with van der Waals surface area (Å²) < 4.78 is 25.9. The van der Waals surface area contributed by atoms with Gasteiger partial charge in [-0.05, 0) is 6.42 Å². The minimum atomic E-state index is -3.50. The lowest BCUT2D eigenvalue weighted by atomic mass is 10.2. The molecule has 1 unspecified atom stereocenters. The number of aryl methyl sites for hydroxylation is 1. The fraction of sp³-hybridized carbons (Fsp3) is 0.667. The van der Waals surface area contributed by atoms with Gasteiger partial charge in [-0.25, -0.2) is 18.1 Å². The molecule has 0 saturated heterocycles. The van der Waals surface area contributed by atoms with Crippen LogP contribution in [0.4, 0.5) is 0 Å². The highest BCUT2D eigenvalue weighted by atomic mass is 32.2. The number of nitrogens with two attached hydrogens (primary N) is 1. The predicted molar refractivity (Wildman–Crippen MR) is 61.4 cm³/mol. The van der Waals surface area contributed by atoms with Crippen molar-refractivity contribution in [2.24, 2.45) is 5.73 Å². The molecule has 0 radical (unpaired) electrons. The lowest BCUT2D eigenvalue weighted by molar-refractivity contribution is 0.561. The quantitative estimate of drug-likeness (QED) is 0.657. The number of H-pyrrole nitrogens is 1. The van der Waals surface area contributed by atoms with Gasteiger partial charge in [0.1, 0.15) is 5.82 Å². The minimum absolute atomic E-state index is 0.0904. The Morgan fingerprint density at radius 3 is 2.75 bits per heavy atom. The Morgan fingerprint density at radius 2 is 2.25 bits per heavy atom. The van der Waals surface area contributed by atoms with Gasteiger partial charge in [0, 0.05) is 19.0 Å². The van der Waals surface area contributed by atoms with Crippen LogP contribution in [0.25, 0.3) is 0 Å². The number of nitrogens with one attached hydrogen (secondary N) is 2. The molecule has 0 aromatic carbocycles. The van der Waals surface area contributed by atoms with Gasteiger partial charge in [0.15, 0.2) is 5.03 Å². The summed E-state index contributed by atoms with van der Waals surface area (Å²) in [7, 11) is -3.50. The topological polar surface area (TPSA) is 101 Å². The van der Waals surface area contributed by atoms with Crippen LogP contribution in [0.15, 0.2) is 11.2 Å². The van der Waals surface area contributed by atoms with Crippen molar-refractivity contribution < 1.29 is 8.42 Å². The molecule has 1 heterocycles. The minimum Gasteiger partial charge on any atom is -0.332 e. The summed E-state index contributed by atoms with van der Waals surface area (Å²) in [5.74, 6) is 0.653. The maximum atomic E-state index is 11.7. The van der Waals surface area contributed by atoms with Crippen molar-refractivity contribution in [2.75, 3.05) is 6.54 Å². The van der Waals surface area contributed by atoms with Crippen molar-refractivity contribution in [1.29, 1.82) is 0 Å². The van der Waals surface area contributed by atoms with Crippen molar-refractivity contribution in [3.05, 3.63) is 12.0 Å². The van der Waals surface area contributed by atoms with E-state index >= 15 is 0 Å². The van der Waals surface area contributed by atoms with Crippen molar-refractivity contribution in [3.8, 4) is 0 Å². The van der Waals surface area contributed by atoms with Crippen molar-refractivity contribution in [2.45, 2.75) is 37.8 Å². The van der Waals surface area contributed by atoms with E-state index < -0.39 is 10.0 Å². The molecule has 0 aliphatic rings. The highest BCUT2D eigenvalue weighted by Gasteiger charge is 2.17. The number of rotatable bonds is 6. The Balaban J connectivity index is 2.70. The van der Waals surface area contributed by atoms with E-state index in [1.807, 2.05) is 13.8 Å². The number of hydrogen-bond acceptors (Lipinski definition) is 4. The second-order valence-corrected chi connectivity index (χ2v) is 5.30. The molecule has 4 N–H and O–H groups in total. The average molecular weight is 246 g/mol. The summed E-state index contributed by atoms with van der Waals surface area (Å²) in [5, 5.41) is 0.0904. The van der Waals surface area contributed by atoms with Gasteiger partial charge in [0.05, 0.1) is 6.20 Å². The molecule has 6 nitrogen and oxygen atoms in total. The summed E-state index contributed by atoms with van der Waals surface area (Å²) >= 11 is 0. The fourth-order valence-electron chi connectivity index (χ4n) is 1.10. The lowest BCUT2D eigenvalue weighted by Crippen LogP contribution is -2.36. The van der Waals surface area contributed by atoms with Gasteiger partial charge < -0.3 is 10.7 Å². The number of aromatic nitrogens is 2. The third-order valence-electron chi connectivity index (χ3n) is 2.29. The highest BCUT2D eigenvalue weighted by molar-refractivity contribution is 7.89. The van der Waals surface area contributed by atoms with Crippen LogP contribution in [0.1, 0.15) is 26.1 Å². The first-order valence-electron chi connectivity index (χ1n) is 5.28. The van der Waals surface area contributed by atoms with Crippen molar-refractivity contribution in [3.63, 3.8) is 0 Å². The van der Waals surface area contributed by atoms with Crippen molar-refractivity contribution in [1.82, 2.24) is 14.7 Å². The fourth-order valence-corrected chi connectivity index (χ4v) is 2.13. The highest BCUT2D eigenvalue weighted by Crippen LogP contribution is 2.05. The monoisotopic (exact) mass is 246 g/mol. The van der Waals surface area contributed by atoms with Gasteiger partial charge in [-0.3, -0.25) is 0 Å². The van der Waals surface area contributed by atoms with E-state index in [0.29, 0.717) is 12.2 Å². The third kappa shape index (κ3) is 3.29. The van der Waals surface area contributed by atoms with E-state index in [0.717, 1.165) is 6.42 Å². The Labute approximate surface area is 95.7 Å². The van der Waals surface area contributed by atoms with E-state index in [9.17, 15) is 8.42 Å². The summed E-state index contributed by atoms with van der Waals surface area (Å²) in [6.07, 6.45) is 2.72. The van der Waals surface area contributed by atoms with Crippen LogP contribution < -0.4 is 10.5 Å². The van der Waals surface area contributed by atoms with E-state index in [4.69, 9.17) is 5.73 Å². The van der Waals surface area contributed by atoms with Crippen LogP contribution in [-0.2, 0) is 16.4 Å². The first kappa shape index (κ1) is 13.1. The molecule has 0 aliphatic heterocycles. The molecule has 0 aliphatic carbocycles. The molecule has 0 bridgehead atoms. The van der Waals surface area contributed by atoms with Gasteiger partial charge >= 0.3 is 0 Å². The number of sulfonamides is 1. The van der Waals surface area contributed by atoms with E-state index in [1.54, 1.807) is 0 Å². The second-order valence-electron chi connectivity index (χ2n) is 3.57. The molecular weight excluding hydrogens is 228 g/mol. The van der Waals surface area contributed by atoms with Gasteiger partial charge in [0.25, 0.3) is 10.0 Å². The van der Waals surface area contributed by atoms with Gasteiger partial charge in [-0.2, -0.15) is 0 Å². The second kappa shape index (κ2) is 5.42. The molecule has 1 aromatic heterocycles. The Hall–Kier alpha value is -0.920. The van der Waals surface area contributed by atoms with Gasteiger partial charge in [0.2, 0.25) is 0 Å². The molecule has 0 saturated carbocycles. The zero-order valence-corrected chi connectivity index (χ0v) is 10.3. The first-order valence-corrected chi connectivity index (χ1v) is 6.77. The first-order chi connectivity index (χ1) is 7.49. The molecule has 0 amide bonds. The number of nitrogens with zero attached hydrogens (tertiary/aromatic N) is 1. The smallest absolute Gasteiger partial charge is 0.257 e. The predicted octanol–water partition coefficient (Wildman–Crippen LogP) is -0.0123. The summed E-state index contributed by atoms with van der Waals surface area (Å²) in [6.45, 7) is 4.04. The Morgan fingerprint density at radius 1 is 1.56 bits per heavy atom. The molecular formula is C9H18N4O2S. The largest absolute Gasteiger partial charge is 0.332 e. The molecule has 1 rings (SSSR count). The molecule has 0 spiro atoms. The molecule has 7 heteroatoms. The standard InChI is InChI=1S/C9H18N4O2S/c1-3-7(10)5-12-16(14,15)9-6-11-8(4-2)13-9/h6-7,12H,3-5,10H2,1-2H3,(H,11,13). The zero-order valence-electron chi connectivity index (χ0n) is 9.53. The van der Waals surface area contributed by atoms with Crippen LogP contribution in [0.5, 0.6) is 0 Å². The van der Waals surface area contributed by atoms with Crippen LogP contribution in [0, 0.1) is 0 Å². The maximum Gasteiger partial charge on any atom is 0.257 e. The van der Waals surface area contributed by atoms with E-state index in [-0.39, 0.29) is 17.6 Å². The lowest BCUT2D eigenvalue weighted by Gasteiger charge is -2.09. The van der Waals surface area contributed by atoms with Crippen LogP contribution >= 0.6 is 0 Å². The third-order valence-corrected chi connectivity index (χ3v) is 3.62. The molecule has 92 valence electrons. The molecule has 1 atom stereocenters. The van der Waals surface area contributed by atoms with E-state index in [1.165, 1.54) is 6.20 Å².